The van der Waals surface area contributed by atoms with Crippen LogP contribution in [0.15, 0.2) is 0 Å². The lowest BCUT2D eigenvalue weighted by molar-refractivity contribution is -0.144. The van der Waals surface area contributed by atoms with Gasteiger partial charge in [0.2, 0.25) is 17.6 Å². The highest BCUT2D eigenvalue weighted by molar-refractivity contribution is 6.38. The van der Waals surface area contributed by atoms with Crippen molar-refractivity contribution < 1.29 is 28.7 Å². The minimum absolute atomic E-state index is 0.112. The summed E-state index contributed by atoms with van der Waals surface area (Å²) in [5, 5.41) is 8.41. The maximum atomic E-state index is 14.0. The number of alkyl carbamates (subject to hydrolysis) is 1. The third-order valence-electron chi connectivity index (χ3n) is 8.43. The van der Waals surface area contributed by atoms with Crippen molar-refractivity contribution in [1.82, 2.24) is 20.9 Å². The Kier molecular flexibility index (Phi) is 12.0. The zero-order valence-electron chi connectivity index (χ0n) is 25.8. The van der Waals surface area contributed by atoms with Gasteiger partial charge in [-0.1, -0.05) is 58.8 Å². The Morgan fingerprint density at radius 2 is 1.54 bits per heavy atom. The van der Waals surface area contributed by atoms with Crippen molar-refractivity contribution in [2.75, 3.05) is 13.1 Å². The van der Waals surface area contributed by atoms with E-state index < -0.39 is 47.4 Å². The van der Waals surface area contributed by atoms with Crippen LogP contribution in [0.1, 0.15) is 112 Å². The number of hydrogen-bond acceptors (Lipinski definition) is 6. The van der Waals surface area contributed by atoms with Crippen LogP contribution in [0.5, 0.6) is 0 Å². The normalized spacial score (nSPS) is 27.1. The van der Waals surface area contributed by atoms with Crippen LogP contribution in [0.3, 0.4) is 0 Å². The lowest BCUT2D eigenvalue weighted by atomic mass is 9.87. The second kappa shape index (κ2) is 15.0. The maximum absolute atomic E-state index is 14.0. The van der Waals surface area contributed by atoms with Crippen LogP contribution >= 0.6 is 0 Å². The van der Waals surface area contributed by atoms with Crippen molar-refractivity contribution in [3.05, 3.63) is 0 Å². The third-order valence-corrected chi connectivity index (χ3v) is 8.43. The molecule has 0 aromatic rings. The standard InChI is InChI=1S/C31H52N4O6/c1-20(2)22-17-18-35-25(22)27(37)33-23(26(36)28(38)32-19-21-15-16-21)13-11-9-7-6-8-10-12-14-24(29(35)39)34-30(40)41-31(3,4)5/h20-25H,6-19H2,1-5H3,(H,32,38)(H,33,37)(H,34,40)/t22-,23+,24+,25+/m1/s1. The van der Waals surface area contributed by atoms with E-state index in [1.807, 2.05) is 13.8 Å². The van der Waals surface area contributed by atoms with Gasteiger partial charge in [-0.2, -0.15) is 0 Å². The highest BCUT2D eigenvalue weighted by Gasteiger charge is 2.46. The van der Waals surface area contributed by atoms with Crippen molar-refractivity contribution in [3.63, 3.8) is 0 Å². The van der Waals surface area contributed by atoms with E-state index in [-0.39, 0.29) is 17.7 Å². The first-order valence-electron chi connectivity index (χ1n) is 15.8. The molecule has 3 fully saturated rings. The summed E-state index contributed by atoms with van der Waals surface area (Å²) in [6, 6.07) is -2.54. The topological polar surface area (TPSA) is 134 Å². The number of ketones is 1. The zero-order chi connectivity index (χ0) is 30.2. The summed E-state index contributed by atoms with van der Waals surface area (Å²) < 4.78 is 5.45. The fourth-order valence-electron chi connectivity index (χ4n) is 5.92. The van der Waals surface area contributed by atoms with Gasteiger partial charge in [0.25, 0.3) is 5.91 Å². The van der Waals surface area contributed by atoms with Crippen molar-refractivity contribution in [2.24, 2.45) is 17.8 Å². The molecule has 2 saturated heterocycles. The molecule has 1 aliphatic carbocycles. The molecule has 41 heavy (non-hydrogen) atoms. The Hall–Kier alpha value is -2.65. The molecule has 232 valence electrons. The van der Waals surface area contributed by atoms with Gasteiger partial charge in [0.1, 0.15) is 17.7 Å². The van der Waals surface area contributed by atoms with Crippen molar-refractivity contribution in [2.45, 2.75) is 135 Å². The van der Waals surface area contributed by atoms with E-state index in [1.165, 1.54) is 0 Å². The second-order valence-electron chi connectivity index (χ2n) is 13.5. The van der Waals surface area contributed by atoms with E-state index in [2.05, 4.69) is 16.0 Å². The Balaban J connectivity index is 1.83. The monoisotopic (exact) mass is 576 g/mol. The highest BCUT2D eigenvalue weighted by atomic mass is 16.6. The smallest absolute Gasteiger partial charge is 0.408 e. The molecule has 2 heterocycles. The van der Waals surface area contributed by atoms with E-state index in [0.717, 1.165) is 57.8 Å². The van der Waals surface area contributed by atoms with E-state index in [0.29, 0.717) is 38.3 Å². The Morgan fingerprint density at radius 1 is 0.927 bits per heavy atom. The molecule has 0 aromatic carbocycles. The number of hydrogen-bond donors (Lipinski definition) is 3. The number of carbonyl (C=O) groups excluding carboxylic acids is 5. The van der Waals surface area contributed by atoms with Crippen LogP contribution in [0.4, 0.5) is 4.79 Å². The zero-order valence-corrected chi connectivity index (χ0v) is 25.8. The molecule has 10 heteroatoms. The average molecular weight is 577 g/mol. The summed E-state index contributed by atoms with van der Waals surface area (Å²) in [5.74, 6) is -1.56. The highest BCUT2D eigenvalue weighted by Crippen LogP contribution is 2.32. The van der Waals surface area contributed by atoms with Crippen LogP contribution in [0.2, 0.25) is 0 Å². The quantitative estimate of drug-likeness (QED) is 0.411. The minimum Gasteiger partial charge on any atom is -0.444 e. The number of fused-ring (bicyclic) bond motifs is 1. The first-order valence-corrected chi connectivity index (χ1v) is 15.8. The first kappa shape index (κ1) is 32.9. The Bertz CT molecular complexity index is 941. The van der Waals surface area contributed by atoms with E-state index in [9.17, 15) is 24.0 Å². The van der Waals surface area contributed by atoms with Crippen molar-refractivity contribution in [3.8, 4) is 0 Å². The van der Waals surface area contributed by atoms with Crippen LogP contribution in [-0.4, -0.2) is 71.3 Å². The van der Waals surface area contributed by atoms with Crippen LogP contribution in [0, 0.1) is 17.8 Å². The fourth-order valence-corrected chi connectivity index (χ4v) is 5.92. The van der Waals surface area contributed by atoms with Crippen molar-refractivity contribution in [1.29, 1.82) is 0 Å². The third kappa shape index (κ3) is 10.3. The summed E-state index contributed by atoms with van der Waals surface area (Å²) >= 11 is 0. The number of nitrogens with one attached hydrogen (secondary N) is 3. The molecule has 4 amide bonds. The summed E-state index contributed by atoms with van der Waals surface area (Å²) in [4.78, 5) is 68.0. The molecule has 0 bridgehead atoms. The van der Waals surface area contributed by atoms with Gasteiger partial charge in [-0.25, -0.2) is 4.79 Å². The molecule has 0 radical (unpaired) electrons. The van der Waals surface area contributed by atoms with Crippen LogP contribution in [-0.2, 0) is 23.9 Å². The van der Waals surface area contributed by atoms with Gasteiger partial charge in [-0.05, 0) is 70.6 Å². The number of ether oxygens (including phenoxy) is 1. The Labute approximate surface area is 245 Å². The summed E-state index contributed by atoms with van der Waals surface area (Å²) in [6.45, 7) is 10.2. The second-order valence-corrected chi connectivity index (χ2v) is 13.5. The molecule has 4 atom stereocenters. The van der Waals surface area contributed by atoms with E-state index in [4.69, 9.17) is 4.74 Å². The molecule has 3 aliphatic rings. The van der Waals surface area contributed by atoms with Gasteiger partial charge in [-0.3, -0.25) is 19.2 Å². The molecule has 0 spiro atoms. The minimum atomic E-state index is -0.935. The number of Topliss-reactive ketones (excluding diaryl/α,β-unsaturated/α-hetero) is 1. The maximum Gasteiger partial charge on any atom is 0.408 e. The van der Waals surface area contributed by atoms with E-state index in [1.54, 1.807) is 25.7 Å². The largest absolute Gasteiger partial charge is 0.444 e. The lowest BCUT2D eigenvalue weighted by Gasteiger charge is -2.33. The van der Waals surface area contributed by atoms with Gasteiger partial charge >= 0.3 is 6.09 Å². The van der Waals surface area contributed by atoms with Gasteiger partial charge in [-0.15, -0.1) is 0 Å². The molecular formula is C31H52N4O6. The van der Waals surface area contributed by atoms with Gasteiger partial charge < -0.3 is 25.6 Å². The lowest BCUT2D eigenvalue weighted by Crippen LogP contribution is -2.58. The van der Waals surface area contributed by atoms with E-state index >= 15 is 0 Å². The first-order chi connectivity index (χ1) is 19.4. The predicted molar refractivity (Wildman–Crippen MR) is 156 cm³/mol. The number of amides is 4. The van der Waals surface area contributed by atoms with Crippen LogP contribution in [0.25, 0.3) is 0 Å². The molecule has 0 aromatic heterocycles. The summed E-state index contributed by atoms with van der Waals surface area (Å²) in [5.41, 5.74) is -0.712. The molecule has 3 N–H and O–H groups in total. The molecule has 0 unspecified atom stereocenters. The number of nitrogens with zero attached hydrogens (tertiary/aromatic N) is 1. The average Bonchev–Trinajstić information content (AvgIpc) is 3.61. The van der Waals surface area contributed by atoms with Crippen LogP contribution < -0.4 is 16.0 Å². The molecule has 3 rings (SSSR count). The number of carbonyl (C=O) groups is 5. The number of rotatable bonds is 6. The van der Waals surface area contributed by atoms with Crippen molar-refractivity contribution >= 4 is 29.6 Å². The SMILES string of the molecule is CC(C)[C@H]1CCN2C(=O)[C@@H](NC(=O)OC(C)(C)C)CCCCCCCCC[C@@H](C(=O)C(=O)NCC3CC3)NC(=O)[C@H]12. The molecule has 2 aliphatic heterocycles. The van der Waals surface area contributed by atoms with Gasteiger partial charge in [0.05, 0.1) is 6.04 Å². The summed E-state index contributed by atoms with van der Waals surface area (Å²) in [6.07, 6.45) is 9.31. The molecule has 1 saturated carbocycles. The Morgan fingerprint density at radius 3 is 2.12 bits per heavy atom. The molecular weight excluding hydrogens is 524 g/mol. The van der Waals surface area contributed by atoms with Gasteiger partial charge in [0, 0.05) is 13.1 Å². The predicted octanol–water partition coefficient (Wildman–Crippen LogP) is 3.86. The van der Waals surface area contributed by atoms with Gasteiger partial charge in [0.15, 0.2) is 0 Å². The fraction of sp³-hybridized carbons (Fsp3) is 0.839. The molecule has 10 nitrogen and oxygen atoms in total. The summed E-state index contributed by atoms with van der Waals surface area (Å²) in [7, 11) is 0.